The lowest BCUT2D eigenvalue weighted by Crippen LogP contribution is -2.42. The first-order valence-corrected chi connectivity index (χ1v) is 9.10. The Labute approximate surface area is 163 Å². The maximum absolute atomic E-state index is 12.7. The number of allylic oxidation sites excluding steroid dienone is 2. The molecule has 0 spiro atoms. The maximum atomic E-state index is 12.7. The van der Waals surface area contributed by atoms with Crippen LogP contribution < -0.4 is 5.32 Å². The molecule has 4 rings (SSSR count). The molecule has 0 saturated carbocycles. The van der Waals surface area contributed by atoms with E-state index in [0.717, 1.165) is 21.9 Å². The molecule has 136 valence electrons. The molecule has 0 aromatic heterocycles. The summed E-state index contributed by atoms with van der Waals surface area (Å²) < 4.78 is 0. The van der Waals surface area contributed by atoms with Gasteiger partial charge in [0.1, 0.15) is 0 Å². The van der Waals surface area contributed by atoms with E-state index >= 15 is 0 Å². The van der Waals surface area contributed by atoms with E-state index in [1.54, 1.807) is 6.08 Å². The van der Waals surface area contributed by atoms with Crippen molar-refractivity contribution in [2.24, 2.45) is 0 Å². The second-order valence-corrected chi connectivity index (χ2v) is 6.70. The summed E-state index contributed by atoms with van der Waals surface area (Å²) >= 11 is 0. The zero-order valence-corrected chi connectivity index (χ0v) is 15.3. The molecule has 0 radical (unpaired) electrons. The van der Waals surface area contributed by atoms with Crippen LogP contribution in [0.25, 0.3) is 16.8 Å². The van der Waals surface area contributed by atoms with Crippen LogP contribution in [0.3, 0.4) is 0 Å². The van der Waals surface area contributed by atoms with Crippen molar-refractivity contribution < 1.29 is 9.59 Å². The zero-order valence-electron chi connectivity index (χ0n) is 15.3. The monoisotopic (exact) mass is 365 g/mol. The molecule has 0 bridgehead atoms. The first-order valence-electron chi connectivity index (χ1n) is 9.10. The standard InChI is InChI=1S/C25H19NO2/c1-17-20(15-7-11-18-9-3-2-4-10-18)24(27)26-25(28)23(17)22-16-8-13-19-12-5-6-14-21(19)22/h2-16,23H,1H2,(H,26,27,28)/b11-7+,20-15+. The van der Waals surface area contributed by atoms with Crippen LogP contribution >= 0.6 is 0 Å². The number of carbonyl (C=O) groups excluding carboxylic acids is 2. The number of imide groups is 1. The Morgan fingerprint density at radius 2 is 1.57 bits per heavy atom. The van der Waals surface area contributed by atoms with E-state index in [1.165, 1.54) is 0 Å². The number of hydrogen-bond acceptors (Lipinski definition) is 2. The van der Waals surface area contributed by atoms with Gasteiger partial charge in [-0.25, -0.2) is 0 Å². The van der Waals surface area contributed by atoms with Crippen LogP contribution in [0.2, 0.25) is 0 Å². The van der Waals surface area contributed by atoms with Crippen molar-refractivity contribution in [2.75, 3.05) is 0 Å². The van der Waals surface area contributed by atoms with Crippen LogP contribution in [0, 0.1) is 0 Å². The van der Waals surface area contributed by atoms with Gasteiger partial charge in [0.25, 0.3) is 5.91 Å². The molecule has 3 aromatic rings. The van der Waals surface area contributed by atoms with Crippen LogP contribution in [0.5, 0.6) is 0 Å². The third-order valence-electron chi connectivity index (χ3n) is 4.92. The Balaban J connectivity index is 1.72. The summed E-state index contributed by atoms with van der Waals surface area (Å²) in [5.41, 5.74) is 2.82. The Morgan fingerprint density at radius 1 is 0.857 bits per heavy atom. The summed E-state index contributed by atoms with van der Waals surface area (Å²) in [5, 5.41) is 4.51. The molecule has 1 heterocycles. The SMILES string of the molecule is C=C1/C(=C\C=C\c2ccccc2)C(=O)NC(=O)C1c1cccc2ccccc12. The third kappa shape index (κ3) is 3.30. The number of amides is 2. The normalized spacial score (nSPS) is 18.8. The van der Waals surface area contributed by atoms with Crippen molar-refractivity contribution in [3.8, 4) is 0 Å². The van der Waals surface area contributed by atoms with Gasteiger partial charge in [-0.1, -0.05) is 91.5 Å². The Hall–Kier alpha value is -3.72. The minimum Gasteiger partial charge on any atom is -0.291 e. The fourth-order valence-electron chi connectivity index (χ4n) is 3.54. The molecular weight excluding hydrogens is 346 g/mol. The highest BCUT2D eigenvalue weighted by Gasteiger charge is 2.35. The lowest BCUT2D eigenvalue weighted by Gasteiger charge is -2.26. The van der Waals surface area contributed by atoms with Crippen molar-refractivity contribution in [1.29, 1.82) is 0 Å². The number of fused-ring (bicyclic) bond motifs is 1. The number of carbonyl (C=O) groups is 2. The Bertz CT molecular complexity index is 1130. The molecule has 1 atom stereocenters. The van der Waals surface area contributed by atoms with E-state index in [9.17, 15) is 9.59 Å². The fourth-order valence-corrected chi connectivity index (χ4v) is 3.54. The number of hydrogen-bond donors (Lipinski definition) is 1. The summed E-state index contributed by atoms with van der Waals surface area (Å²) in [6.45, 7) is 4.10. The lowest BCUT2D eigenvalue weighted by molar-refractivity contribution is -0.130. The topological polar surface area (TPSA) is 46.2 Å². The van der Waals surface area contributed by atoms with Crippen LogP contribution in [0.4, 0.5) is 0 Å². The summed E-state index contributed by atoms with van der Waals surface area (Å²) in [6.07, 6.45) is 5.44. The Kier molecular flexibility index (Phi) is 4.73. The van der Waals surface area contributed by atoms with Crippen LogP contribution in [-0.4, -0.2) is 11.8 Å². The molecule has 2 amide bonds. The number of nitrogens with one attached hydrogen (secondary N) is 1. The second-order valence-electron chi connectivity index (χ2n) is 6.70. The molecule has 1 fully saturated rings. The minimum absolute atomic E-state index is 0.337. The highest BCUT2D eigenvalue weighted by atomic mass is 16.2. The predicted octanol–water partition coefficient (Wildman–Crippen LogP) is 4.78. The molecule has 0 aliphatic carbocycles. The average molecular weight is 365 g/mol. The molecule has 1 aliphatic rings. The molecule has 3 aromatic carbocycles. The summed E-state index contributed by atoms with van der Waals surface area (Å²) in [7, 11) is 0. The van der Waals surface area contributed by atoms with Gasteiger partial charge in [-0.05, 0) is 33.5 Å². The molecule has 1 unspecified atom stereocenters. The predicted molar refractivity (Wildman–Crippen MR) is 113 cm³/mol. The maximum Gasteiger partial charge on any atom is 0.258 e. The van der Waals surface area contributed by atoms with Crippen LogP contribution in [-0.2, 0) is 9.59 Å². The third-order valence-corrected chi connectivity index (χ3v) is 4.92. The first-order chi connectivity index (χ1) is 13.6. The molecule has 1 N–H and O–H groups in total. The van der Waals surface area contributed by atoms with Crippen molar-refractivity contribution in [3.63, 3.8) is 0 Å². The summed E-state index contributed by atoms with van der Waals surface area (Å²) in [6, 6.07) is 23.6. The Morgan fingerprint density at radius 3 is 2.39 bits per heavy atom. The average Bonchev–Trinajstić information content (AvgIpc) is 2.71. The highest BCUT2D eigenvalue weighted by molar-refractivity contribution is 6.15. The number of benzene rings is 3. The van der Waals surface area contributed by atoms with Gasteiger partial charge in [-0.3, -0.25) is 14.9 Å². The van der Waals surface area contributed by atoms with Gasteiger partial charge in [0.15, 0.2) is 0 Å². The molecule has 28 heavy (non-hydrogen) atoms. The molecule has 3 nitrogen and oxygen atoms in total. The largest absolute Gasteiger partial charge is 0.291 e. The van der Waals surface area contributed by atoms with Crippen molar-refractivity contribution >= 4 is 28.7 Å². The molecule has 1 aliphatic heterocycles. The minimum atomic E-state index is -0.597. The lowest BCUT2D eigenvalue weighted by atomic mass is 9.81. The second kappa shape index (κ2) is 7.49. The van der Waals surface area contributed by atoms with E-state index in [-0.39, 0.29) is 5.91 Å². The smallest absolute Gasteiger partial charge is 0.258 e. The van der Waals surface area contributed by atoms with Gasteiger partial charge in [-0.2, -0.15) is 0 Å². The number of piperidine rings is 1. The van der Waals surface area contributed by atoms with E-state index < -0.39 is 11.8 Å². The highest BCUT2D eigenvalue weighted by Crippen LogP contribution is 2.36. The first kappa shape index (κ1) is 17.7. The van der Waals surface area contributed by atoms with Crippen molar-refractivity contribution in [1.82, 2.24) is 5.32 Å². The van der Waals surface area contributed by atoms with Crippen molar-refractivity contribution in [2.45, 2.75) is 5.92 Å². The summed E-state index contributed by atoms with van der Waals surface area (Å²) in [5.74, 6) is -1.35. The quantitative estimate of drug-likeness (QED) is 0.536. The molecule has 3 heteroatoms. The van der Waals surface area contributed by atoms with E-state index in [4.69, 9.17) is 0 Å². The summed E-state index contributed by atoms with van der Waals surface area (Å²) in [4.78, 5) is 25.1. The van der Waals surface area contributed by atoms with Gasteiger partial charge in [0.2, 0.25) is 5.91 Å². The van der Waals surface area contributed by atoms with Gasteiger partial charge in [0.05, 0.1) is 5.92 Å². The van der Waals surface area contributed by atoms with E-state index in [2.05, 4.69) is 11.9 Å². The van der Waals surface area contributed by atoms with Gasteiger partial charge in [-0.15, -0.1) is 0 Å². The van der Waals surface area contributed by atoms with Crippen molar-refractivity contribution in [3.05, 3.63) is 114 Å². The fraction of sp³-hybridized carbons (Fsp3) is 0.0400. The zero-order chi connectivity index (χ0) is 19.5. The number of rotatable bonds is 3. The van der Waals surface area contributed by atoms with Crippen LogP contribution in [0.1, 0.15) is 17.0 Å². The molecule has 1 saturated heterocycles. The van der Waals surface area contributed by atoms with E-state index in [0.29, 0.717) is 11.1 Å². The van der Waals surface area contributed by atoms with Gasteiger partial charge < -0.3 is 0 Å². The van der Waals surface area contributed by atoms with Crippen LogP contribution in [0.15, 0.2) is 103 Å². The van der Waals surface area contributed by atoms with E-state index in [1.807, 2.05) is 84.9 Å². The van der Waals surface area contributed by atoms with Gasteiger partial charge >= 0.3 is 0 Å². The molecular formula is C25H19NO2. The van der Waals surface area contributed by atoms with Gasteiger partial charge in [0, 0.05) is 5.57 Å².